The van der Waals surface area contributed by atoms with Gasteiger partial charge in [0.25, 0.3) is 22.2 Å². The maximum atomic E-state index is 13.1. The minimum atomic E-state index is -0.237. The summed E-state index contributed by atoms with van der Waals surface area (Å²) in [5, 5.41) is 0.735. The number of aryl methyl sites for hydroxylation is 8. The van der Waals surface area contributed by atoms with Gasteiger partial charge in [-0.25, -0.2) is 24.3 Å². The summed E-state index contributed by atoms with van der Waals surface area (Å²) in [7, 11) is 8.77. The van der Waals surface area contributed by atoms with Gasteiger partial charge in [-0.3, -0.25) is 19.2 Å². The Labute approximate surface area is 604 Å². The van der Waals surface area contributed by atoms with Gasteiger partial charge < -0.3 is 40.6 Å². The van der Waals surface area contributed by atoms with E-state index in [1.807, 2.05) is 203 Å². The average Bonchev–Trinajstić information content (AvgIpc) is 1.55. The molecule has 0 bridgehead atoms. The van der Waals surface area contributed by atoms with E-state index in [9.17, 15) is 23.6 Å². The fourth-order valence-electron chi connectivity index (χ4n) is 12.9. The first-order valence-electron chi connectivity index (χ1n) is 33.9. The first-order valence-corrected chi connectivity index (χ1v) is 34.3. The average molecular weight is 1400 g/mol. The normalized spacial score (nSPS) is 11.1. The van der Waals surface area contributed by atoms with Crippen LogP contribution in [0.4, 0.5) is 4.39 Å². The van der Waals surface area contributed by atoms with Crippen LogP contribution in [-0.4, -0.2) is 62.9 Å². The molecule has 0 amide bonds. The topological polar surface area (TPSA) is 166 Å². The van der Waals surface area contributed by atoms with Crippen LogP contribution in [0.2, 0.25) is 5.02 Å². The molecule has 17 nitrogen and oxygen atoms in total. The lowest BCUT2D eigenvalue weighted by atomic mass is 10.1. The minimum Gasteiger partial charge on any atom is -0.497 e. The van der Waals surface area contributed by atoms with Crippen molar-refractivity contribution in [3.8, 4) is 50.3 Å². The Morgan fingerprint density at radius 3 is 0.885 bits per heavy atom. The number of hydrogen-bond donors (Lipinski definition) is 0. The van der Waals surface area contributed by atoms with E-state index in [2.05, 4.69) is 88.1 Å². The van der Waals surface area contributed by atoms with Gasteiger partial charge in [0.2, 0.25) is 0 Å². The predicted molar refractivity (Wildman–Crippen MR) is 411 cm³/mol. The number of aromatic nitrogens is 12. The highest BCUT2D eigenvalue weighted by Gasteiger charge is 2.15. The number of fused-ring (bicyclic) bond motifs is 4. The molecule has 0 atom stereocenters. The maximum absolute atomic E-state index is 13.1. The highest BCUT2D eigenvalue weighted by atomic mass is 35.5. The third-order valence-corrected chi connectivity index (χ3v) is 18.7. The van der Waals surface area contributed by atoms with Crippen LogP contribution in [0, 0.1) is 33.5 Å². The van der Waals surface area contributed by atoms with Crippen molar-refractivity contribution in [2.75, 3.05) is 7.11 Å². The van der Waals surface area contributed by atoms with Crippen molar-refractivity contribution in [2.24, 2.45) is 28.2 Å². The molecular formula is C85H76ClFN12O5. The van der Waals surface area contributed by atoms with Crippen molar-refractivity contribution in [3.05, 3.63) is 370 Å². The molecule has 12 heterocycles. The third-order valence-electron chi connectivity index (χ3n) is 18.5. The molecule has 16 rings (SSSR count). The molecule has 104 heavy (non-hydrogen) atoms. The van der Waals surface area contributed by atoms with Crippen LogP contribution in [0.15, 0.2) is 269 Å². The number of imidazole rings is 4. The van der Waals surface area contributed by atoms with Crippen molar-refractivity contribution in [1.29, 1.82) is 0 Å². The molecule has 0 N–H and O–H groups in total. The van der Waals surface area contributed by atoms with Crippen molar-refractivity contribution in [2.45, 2.75) is 53.4 Å². The van der Waals surface area contributed by atoms with E-state index in [1.54, 1.807) is 65.7 Å². The largest absolute Gasteiger partial charge is 0.497 e. The molecule has 12 aromatic heterocycles. The van der Waals surface area contributed by atoms with Gasteiger partial charge in [-0.2, -0.15) is 0 Å². The van der Waals surface area contributed by atoms with Crippen LogP contribution in [-0.2, 0) is 53.9 Å². The zero-order valence-electron chi connectivity index (χ0n) is 59.2. The lowest BCUT2D eigenvalue weighted by Crippen LogP contribution is -2.18. The standard InChI is InChI=1S/C22H21N3O2.C21H18ClN3O.C21H18FN3O.C21H19N3O/c1-15-10-18(13-24(2)22(15)26)17-6-9-21-23-12-19(25(21)14-17)11-16-4-7-20(27-3)8-5-16;2*1-14-9-17(12-24(2)21(14)26)16-5-8-20-23-11-19(25(20)13-16)10-15-3-6-18(22)7-4-15;1-15-10-18(13-23(2)21(15)25)17-8-9-20-22-12-19(24(20)14-17)11-16-6-4-3-5-7-16/h4-10,12-14H,11H2,1-3H3;2*3-9,11-13H,10H2,1-2H3;3-10,12-14H,11H2,1-2H3. The molecule has 0 aliphatic carbocycles. The molecular weight excluding hydrogens is 1320 g/mol. The summed E-state index contributed by atoms with van der Waals surface area (Å²) < 4.78 is 33.2. The summed E-state index contributed by atoms with van der Waals surface area (Å²) in [5.74, 6) is 0.614. The Morgan fingerprint density at radius 1 is 0.337 bits per heavy atom. The second-order valence-corrected chi connectivity index (χ2v) is 26.6. The highest BCUT2D eigenvalue weighted by Crippen LogP contribution is 2.28. The zero-order chi connectivity index (χ0) is 72.9. The molecule has 0 aliphatic rings. The van der Waals surface area contributed by atoms with Crippen LogP contribution in [0.3, 0.4) is 0 Å². The molecule has 4 aromatic carbocycles. The molecule has 520 valence electrons. The van der Waals surface area contributed by atoms with Gasteiger partial charge >= 0.3 is 0 Å². The molecule has 0 radical (unpaired) electrons. The first-order chi connectivity index (χ1) is 50.2. The second kappa shape index (κ2) is 30.3. The number of halogens is 2. The van der Waals surface area contributed by atoms with Gasteiger partial charge in [-0.05, 0) is 204 Å². The van der Waals surface area contributed by atoms with E-state index in [1.165, 1.54) is 28.8 Å². The molecule has 0 aliphatic heterocycles. The summed E-state index contributed by atoms with van der Waals surface area (Å²) >= 11 is 5.97. The van der Waals surface area contributed by atoms with E-state index < -0.39 is 0 Å². The van der Waals surface area contributed by atoms with Crippen LogP contribution < -0.4 is 27.0 Å². The SMILES string of the molecule is COc1ccc(Cc2cnc3ccc(-c4cc(C)c(=O)n(C)c4)cn23)cc1.Cc1cc(-c2ccc3ncc(Cc4ccc(Cl)cc4)n3c2)cn(C)c1=O.Cc1cc(-c2ccc3ncc(Cc4ccc(F)cc4)n3c2)cn(C)c1=O.Cc1cc(-c2ccc3ncc(Cc4ccccc4)n3c2)cn(C)c1=O. The Balaban J connectivity index is 0.000000123. The van der Waals surface area contributed by atoms with E-state index in [4.69, 9.17) is 16.3 Å². The minimum absolute atomic E-state index is 0.00876. The molecule has 0 saturated carbocycles. The lowest BCUT2D eigenvalue weighted by molar-refractivity contribution is 0.414. The van der Waals surface area contributed by atoms with E-state index in [-0.39, 0.29) is 28.1 Å². The number of pyridine rings is 8. The summed E-state index contributed by atoms with van der Waals surface area (Å²) in [5.41, 5.74) is 23.9. The summed E-state index contributed by atoms with van der Waals surface area (Å²) in [4.78, 5) is 65.7. The fraction of sp³-hybridized carbons (Fsp3) is 0.153. The van der Waals surface area contributed by atoms with Crippen molar-refractivity contribution >= 4 is 34.2 Å². The molecule has 16 aromatic rings. The fourth-order valence-corrected chi connectivity index (χ4v) is 13.0. The van der Waals surface area contributed by atoms with Crippen LogP contribution >= 0.6 is 11.6 Å². The zero-order valence-corrected chi connectivity index (χ0v) is 59.9. The van der Waals surface area contributed by atoms with E-state index >= 15 is 0 Å². The van der Waals surface area contributed by atoms with E-state index in [0.717, 1.165) is 142 Å². The maximum Gasteiger partial charge on any atom is 0.253 e. The van der Waals surface area contributed by atoms with Gasteiger partial charge in [-0.15, -0.1) is 0 Å². The second-order valence-electron chi connectivity index (χ2n) is 26.2. The Hall–Kier alpha value is -12.5. The van der Waals surface area contributed by atoms with Crippen LogP contribution in [0.1, 0.15) is 67.3 Å². The Morgan fingerprint density at radius 2 is 0.606 bits per heavy atom. The van der Waals surface area contributed by atoms with Gasteiger partial charge in [0, 0.05) is 178 Å². The molecule has 0 saturated heterocycles. The molecule has 0 unspecified atom stereocenters. The summed E-state index contributed by atoms with van der Waals surface area (Å²) in [6, 6.07) is 56.7. The summed E-state index contributed by atoms with van der Waals surface area (Å²) in [6.45, 7) is 7.36. The first kappa shape index (κ1) is 69.9. The third kappa shape index (κ3) is 15.7. The summed E-state index contributed by atoms with van der Waals surface area (Å²) in [6.07, 6.45) is 26.4. The van der Waals surface area contributed by atoms with Gasteiger partial charge in [-0.1, -0.05) is 78.3 Å². The lowest BCUT2D eigenvalue weighted by Gasteiger charge is -2.09. The monoisotopic (exact) mass is 1400 g/mol. The number of methoxy groups -OCH3 is 1. The quantitative estimate of drug-likeness (QED) is 0.109. The number of rotatable bonds is 13. The smallest absolute Gasteiger partial charge is 0.253 e. The molecule has 19 heteroatoms. The number of benzene rings is 4. The number of nitrogens with zero attached hydrogens (tertiary/aromatic N) is 12. The highest BCUT2D eigenvalue weighted by molar-refractivity contribution is 6.30. The Kier molecular flexibility index (Phi) is 20.4. The predicted octanol–water partition coefficient (Wildman–Crippen LogP) is 15.2. The van der Waals surface area contributed by atoms with Crippen molar-refractivity contribution in [3.63, 3.8) is 0 Å². The number of ether oxygens (including phenoxy) is 1. The van der Waals surface area contributed by atoms with Gasteiger partial charge in [0.15, 0.2) is 0 Å². The van der Waals surface area contributed by atoms with E-state index in [0.29, 0.717) is 12.0 Å². The van der Waals surface area contributed by atoms with Crippen molar-refractivity contribution in [1.82, 2.24) is 55.8 Å². The van der Waals surface area contributed by atoms with Gasteiger partial charge in [0.1, 0.15) is 34.2 Å². The van der Waals surface area contributed by atoms with Crippen LogP contribution in [0.25, 0.3) is 67.1 Å². The Bertz CT molecular complexity index is 5790. The van der Waals surface area contributed by atoms with Crippen molar-refractivity contribution < 1.29 is 9.13 Å². The molecule has 0 fully saturated rings. The number of hydrogen-bond acceptors (Lipinski definition) is 9. The molecule has 0 spiro atoms. The van der Waals surface area contributed by atoms with Gasteiger partial charge in [0.05, 0.1) is 7.11 Å². The van der Waals surface area contributed by atoms with Crippen LogP contribution in [0.5, 0.6) is 5.75 Å².